The summed E-state index contributed by atoms with van der Waals surface area (Å²) in [5.74, 6) is 2.49. The van der Waals surface area contributed by atoms with Gasteiger partial charge in [0.15, 0.2) is 0 Å². The van der Waals surface area contributed by atoms with Crippen molar-refractivity contribution in [2.24, 2.45) is 5.41 Å². The van der Waals surface area contributed by atoms with Gasteiger partial charge in [-0.3, -0.25) is 4.79 Å². The Morgan fingerprint density at radius 1 is 1.39 bits per heavy atom. The summed E-state index contributed by atoms with van der Waals surface area (Å²) in [5.41, 5.74) is 0.475. The molecule has 0 aromatic rings. The summed E-state index contributed by atoms with van der Waals surface area (Å²) in [6, 6.07) is 0.797. The topological polar surface area (TPSA) is 41.1 Å². The first-order valence-corrected chi connectivity index (χ1v) is 8.31. The van der Waals surface area contributed by atoms with Gasteiger partial charge >= 0.3 is 0 Å². The predicted molar refractivity (Wildman–Crippen MR) is 77.9 cm³/mol. The quantitative estimate of drug-likeness (QED) is 0.826. The first-order valence-electron chi connectivity index (χ1n) is 7.16. The monoisotopic (exact) mass is 270 g/mol. The van der Waals surface area contributed by atoms with E-state index in [1.807, 2.05) is 11.8 Å². The highest BCUT2D eigenvalue weighted by Crippen LogP contribution is 2.34. The van der Waals surface area contributed by atoms with Crippen LogP contribution in [0.25, 0.3) is 0 Å². The molecule has 104 valence electrons. The van der Waals surface area contributed by atoms with E-state index in [0.717, 1.165) is 25.1 Å². The number of hydrogen-bond acceptors (Lipinski definition) is 3. The second kappa shape index (κ2) is 6.29. The highest BCUT2D eigenvalue weighted by atomic mass is 32.2. The highest BCUT2D eigenvalue weighted by Gasteiger charge is 2.28. The van der Waals surface area contributed by atoms with Gasteiger partial charge in [-0.15, -0.1) is 0 Å². The molecule has 0 aromatic heterocycles. The van der Waals surface area contributed by atoms with Crippen molar-refractivity contribution in [1.29, 1.82) is 0 Å². The molecule has 18 heavy (non-hydrogen) atoms. The van der Waals surface area contributed by atoms with Gasteiger partial charge in [0.25, 0.3) is 0 Å². The molecule has 1 aliphatic heterocycles. The number of amides is 1. The normalized spacial score (nSPS) is 28.9. The lowest BCUT2D eigenvalue weighted by Gasteiger charge is -2.35. The van der Waals surface area contributed by atoms with Crippen LogP contribution in [0.2, 0.25) is 0 Å². The maximum Gasteiger partial charge on any atom is 0.221 e. The zero-order valence-electron chi connectivity index (χ0n) is 11.6. The Morgan fingerprint density at radius 3 is 2.72 bits per heavy atom. The first kappa shape index (κ1) is 14.2. The number of nitrogens with one attached hydrogen (secondary N) is 2. The fraction of sp³-hybridized carbons (Fsp3) is 0.929. The smallest absolute Gasteiger partial charge is 0.221 e. The highest BCUT2D eigenvalue weighted by molar-refractivity contribution is 7.99. The molecule has 2 N–H and O–H groups in total. The van der Waals surface area contributed by atoms with E-state index >= 15 is 0 Å². The van der Waals surface area contributed by atoms with Gasteiger partial charge in [0.1, 0.15) is 0 Å². The Kier molecular flexibility index (Phi) is 4.96. The molecule has 0 radical (unpaired) electrons. The van der Waals surface area contributed by atoms with Crippen LogP contribution in [0.1, 0.15) is 46.0 Å². The maximum atomic E-state index is 12.0. The molecule has 0 spiro atoms. The van der Waals surface area contributed by atoms with Crippen molar-refractivity contribution in [3.8, 4) is 0 Å². The fourth-order valence-corrected chi connectivity index (χ4v) is 3.75. The van der Waals surface area contributed by atoms with Crippen molar-refractivity contribution in [3.05, 3.63) is 0 Å². The zero-order chi connectivity index (χ0) is 13.0. The Morgan fingerprint density at radius 2 is 2.11 bits per heavy atom. The molecular formula is C14H26N2OS. The molecule has 1 saturated carbocycles. The summed E-state index contributed by atoms with van der Waals surface area (Å²) in [5, 5.41) is 6.63. The minimum atomic E-state index is 0.236. The molecule has 0 bridgehead atoms. The third-order valence-corrected chi connectivity index (χ3v) is 5.27. The van der Waals surface area contributed by atoms with Gasteiger partial charge in [0, 0.05) is 36.6 Å². The second-order valence-electron chi connectivity index (χ2n) is 6.44. The van der Waals surface area contributed by atoms with E-state index in [0.29, 0.717) is 23.9 Å². The molecular weight excluding hydrogens is 244 g/mol. The Labute approximate surface area is 115 Å². The van der Waals surface area contributed by atoms with Crippen molar-refractivity contribution in [1.82, 2.24) is 10.6 Å². The Hall–Kier alpha value is -0.220. The van der Waals surface area contributed by atoms with Crippen LogP contribution in [0.4, 0.5) is 0 Å². The lowest BCUT2D eigenvalue weighted by atomic mass is 9.75. The lowest BCUT2D eigenvalue weighted by Crippen LogP contribution is -2.44. The molecule has 1 amide bonds. The van der Waals surface area contributed by atoms with Crippen LogP contribution in [0, 0.1) is 5.41 Å². The number of rotatable bonds is 3. The van der Waals surface area contributed by atoms with Crippen LogP contribution in [-0.4, -0.2) is 36.0 Å². The lowest BCUT2D eigenvalue weighted by molar-refractivity contribution is -0.122. The van der Waals surface area contributed by atoms with Crippen LogP contribution in [0.5, 0.6) is 0 Å². The molecule has 1 aliphatic carbocycles. The molecule has 2 aliphatic rings. The second-order valence-corrected chi connectivity index (χ2v) is 7.59. The van der Waals surface area contributed by atoms with Crippen LogP contribution >= 0.6 is 11.8 Å². The summed E-state index contributed by atoms with van der Waals surface area (Å²) in [4.78, 5) is 12.0. The third-order valence-electron chi connectivity index (χ3n) is 4.13. The van der Waals surface area contributed by atoms with Gasteiger partial charge in [-0.2, -0.15) is 11.8 Å². The summed E-state index contributed by atoms with van der Waals surface area (Å²) in [7, 11) is 0. The summed E-state index contributed by atoms with van der Waals surface area (Å²) in [6.45, 7) is 5.70. The zero-order valence-corrected chi connectivity index (χ0v) is 12.4. The average molecular weight is 270 g/mol. The van der Waals surface area contributed by atoms with Crippen LogP contribution in [0.3, 0.4) is 0 Å². The van der Waals surface area contributed by atoms with Crippen LogP contribution in [-0.2, 0) is 4.79 Å². The van der Waals surface area contributed by atoms with E-state index in [2.05, 4.69) is 24.5 Å². The molecule has 2 fully saturated rings. The van der Waals surface area contributed by atoms with Crippen molar-refractivity contribution < 1.29 is 4.79 Å². The van der Waals surface area contributed by atoms with Gasteiger partial charge < -0.3 is 10.6 Å². The summed E-state index contributed by atoms with van der Waals surface area (Å²) >= 11 is 1.95. The van der Waals surface area contributed by atoms with E-state index < -0.39 is 0 Å². The SMILES string of the molecule is CC1(C)CCC(NC(=O)CC2CSCCN2)CC1. The number of carbonyl (C=O) groups is 1. The van der Waals surface area contributed by atoms with Gasteiger partial charge in [-0.1, -0.05) is 13.8 Å². The minimum Gasteiger partial charge on any atom is -0.353 e. The number of hydrogen-bond donors (Lipinski definition) is 2. The molecule has 2 rings (SSSR count). The van der Waals surface area contributed by atoms with E-state index in [1.165, 1.54) is 18.6 Å². The van der Waals surface area contributed by atoms with Crippen LogP contribution in [0.15, 0.2) is 0 Å². The average Bonchev–Trinajstić information content (AvgIpc) is 2.33. The fourth-order valence-electron chi connectivity index (χ4n) is 2.80. The van der Waals surface area contributed by atoms with E-state index in [4.69, 9.17) is 0 Å². The number of carbonyl (C=O) groups excluding carboxylic acids is 1. The molecule has 3 nitrogen and oxygen atoms in total. The first-order chi connectivity index (χ1) is 8.55. The number of thioether (sulfide) groups is 1. The van der Waals surface area contributed by atoms with Gasteiger partial charge in [0.05, 0.1) is 0 Å². The van der Waals surface area contributed by atoms with Crippen molar-refractivity contribution >= 4 is 17.7 Å². The van der Waals surface area contributed by atoms with Crippen molar-refractivity contribution in [3.63, 3.8) is 0 Å². The van der Waals surface area contributed by atoms with Gasteiger partial charge in [-0.05, 0) is 31.1 Å². The molecule has 1 heterocycles. The van der Waals surface area contributed by atoms with Crippen molar-refractivity contribution in [2.45, 2.75) is 58.0 Å². The Balaban J connectivity index is 1.68. The molecule has 1 atom stereocenters. The molecule has 0 aromatic carbocycles. The largest absolute Gasteiger partial charge is 0.353 e. The van der Waals surface area contributed by atoms with Gasteiger partial charge in [0.2, 0.25) is 5.91 Å². The van der Waals surface area contributed by atoms with E-state index in [-0.39, 0.29) is 5.91 Å². The molecule has 1 unspecified atom stereocenters. The Bertz CT molecular complexity index is 278. The van der Waals surface area contributed by atoms with E-state index in [1.54, 1.807) is 0 Å². The third kappa shape index (κ3) is 4.47. The summed E-state index contributed by atoms with van der Waals surface area (Å²) in [6.07, 6.45) is 5.40. The van der Waals surface area contributed by atoms with E-state index in [9.17, 15) is 4.79 Å². The van der Waals surface area contributed by atoms with Crippen LogP contribution < -0.4 is 10.6 Å². The minimum absolute atomic E-state index is 0.236. The maximum absolute atomic E-state index is 12.0. The molecule has 4 heteroatoms. The standard InChI is InChI=1S/C14H26N2OS/c1-14(2)5-3-11(4-6-14)16-13(17)9-12-10-18-8-7-15-12/h11-12,15H,3-10H2,1-2H3,(H,16,17). The van der Waals surface area contributed by atoms with Crippen molar-refractivity contribution in [2.75, 3.05) is 18.1 Å². The predicted octanol–water partition coefficient (Wildman–Crippen LogP) is 2.17. The van der Waals surface area contributed by atoms with Gasteiger partial charge in [-0.25, -0.2) is 0 Å². The summed E-state index contributed by atoms with van der Waals surface area (Å²) < 4.78 is 0. The molecule has 1 saturated heterocycles.